The van der Waals surface area contributed by atoms with Crippen LogP contribution in [-0.2, 0) is 4.74 Å². The maximum Gasteiger partial charge on any atom is 0.250 e. The van der Waals surface area contributed by atoms with Gasteiger partial charge in [-0.2, -0.15) is 0 Å². The van der Waals surface area contributed by atoms with Gasteiger partial charge in [0, 0.05) is 19.3 Å². The average Bonchev–Trinajstić information content (AvgIpc) is 2.81. The van der Waals surface area contributed by atoms with E-state index in [1.807, 2.05) is 25.2 Å². The van der Waals surface area contributed by atoms with Crippen LogP contribution in [0.2, 0.25) is 0 Å². The summed E-state index contributed by atoms with van der Waals surface area (Å²) in [5.41, 5.74) is 6.80. The van der Waals surface area contributed by atoms with Crippen LogP contribution in [0.25, 0.3) is 0 Å². The minimum absolute atomic E-state index is 0.334. The number of primary amides is 1. The minimum Gasteiger partial charge on any atom is -0.379 e. The van der Waals surface area contributed by atoms with Crippen LogP contribution in [0.1, 0.15) is 16.8 Å². The zero-order chi connectivity index (χ0) is 11.5. The fraction of sp³-hybridized carbons (Fsp3) is 0.417. The molecule has 4 heteroatoms. The number of rotatable bonds is 3. The second-order valence-corrected chi connectivity index (χ2v) is 4.01. The molecule has 1 unspecified atom stereocenters. The molecule has 1 aliphatic heterocycles. The lowest BCUT2D eigenvalue weighted by Crippen LogP contribution is -2.33. The van der Waals surface area contributed by atoms with Crippen LogP contribution in [-0.4, -0.2) is 32.2 Å². The number of anilines is 1. The highest BCUT2D eigenvalue weighted by atomic mass is 16.5. The molecule has 0 spiro atoms. The number of nitrogens with two attached hydrogens (primary N) is 1. The number of hydrogen-bond donors (Lipinski definition) is 1. The largest absolute Gasteiger partial charge is 0.379 e. The van der Waals surface area contributed by atoms with Crippen molar-refractivity contribution in [2.45, 2.75) is 12.5 Å². The molecule has 1 aromatic carbocycles. The van der Waals surface area contributed by atoms with Crippen molar-refractivity contribution in [2.75, 3.05) is 25.2 Å². The maximum absolute atomic E-state index is 11.3. The van der Waals surface area contributed by atoms with Crippen molar-refractivity contribution in [3.05, 3.63) is 29.8 Å². The summed E-state index contributed by atoms with van der Waals surface area (Å²) in [6.45, 7) is 1.50. The van der Waals surface area contributed by atoms with Gasteiger partial charge in [0.25, 0.3) is 5.91 Å². The first-order valence-corrected chi connectivity index (χ1v) is 5.39. The van der Waals surface area contributed by atoms with Crippen LogP contribution in [0.5, 0.6) is 0 Å². The summed E-state index contributed by atoms with van der Waals surface area (Å²) in [7, 11) is 1.97. The highest BCUT2D eigenvalue weighted by molar-refractivity contribution is 5.98. The Morgan fingerprint density at radius 1 is 1.50 bits per heavy atom. The molecule has 0 bridgehead atoms. The molecule has 1 saturated heterocycles. The number of para-hydroxylation sites is 1. The fourth-order valence-corrected chi connectivity index (χ4v) is 2.01. The monoisotopic (exact) mass is 220 g/mol. The summed E-state index contributed by atoms with van der Waals surface area (Å²) in [6.07, 6.45) is 0.990. The van der Waals surface area contributed by atoms with Gasteiger partial charge < -0.3 is 15.4 Å². The van der Waals surface area contributed by atoms with E-state index in [9.17, 15) is 4.79 Å². The Morgan fingerprint density at radius 3 is 2.88 bits per heavy atom. The van der Waals surface area contributed by atoms with Gasteiger partial charge in [0.2, 0.25) is 0 Å². The standard InChI is InChI=1S/C12H16N2O2/c1-14(9-6-7-16-8-9)11-5-3-2-4-10(11)12(13)15/h2-5,9H,6-8H2,1H3,(H2,13,15). The Bertz CT molecular complexity index is 386. The highest BCUT2D eigenvalue weighted by Crippen LogP contribution is 2.23. The molecule has 2 rings (SSSR count). The van der Waals surface area contributed by atoms with Gasteiger partial charge in [-0.15, -0.1) is 0 Å². The molecule has 1 heterocycles. The van der Waals surface area contributed by atoms with Crippen LogP contribution in [0, 0.1) is 0 Å². The molecule has 0 aliphatic carbocycles. The molecule has 0 saturated carbocycles. The summed E-state index contributed by atoms with van der Waals surface area (Å²) >= 11 is 0. The van der Waals surface area contributed by atoms with Crippen LogP contribution >= 0.6 is 0 Å². The molecule has 16 heavy (non-hydrogen) atoms. The van der Waals surface area contributed by atoms with Crippen LogP contribution in [0.4, 0.5) is 5.69 Å². The van der Waals surface area contributed by atoms with E-state index < -0.39 is 0 Å². The van der Waals surface area contributed by atoms with Gasteiger partial charge in [-0.3, -0.25) is 4.79 Å². The van der Waals surface area contributed by atoms with E-state index in [2.05, 4.69) is 4.90 Å². The van der Waals surface area contributed by atoms with Gasteiger partial charge >= 0.3 is 0 Å². The Balaban J connectivity index is 2.27. The molecule has 2 N–H and O–H groups in total. The third-order valence-electron chi connectivity index (χ3n) is 3.00. The van der Waals surface area contributed by atoms with Crippen molar-refractivity contribution in [3.8, 4) is 0 Å². The Morgan fingerprint density at radius 2 is 2.25 bits per heavy atom. The van der Waals surface area contributed by atoms with Crippen molar-refractivity contribution in [2.24, 2.45) is 5.73 Å². The van der Waals surface area contributed by atoms with Crippen molar-refractivity contribution in [3.63, 3.8) is 0 Å². The number of hydrogen-bond acceptors (Lipinski definition) is 3. The molecular formula is C12H16N2O2. The summed E-state index contributed by atoms with van der Waals surface area (Å²) in [4.78, 5) is 13.4. The summed E-state index contributed by atoms with van der Waals surface area (Å²) in [5, 5.41) is 0. The summed E-state index contributed by atoms with van der Waals surface area (Å²) in [5.74, 6) is -0.388. The molecule has 1 aromatic rings. The van der Waals surface area contributed by atoms with Crippen molar-refractivity contribution >= 4 is 11.6 Å². The third kappa shape index (κ3) is 2.02. The lowest BCUT2D eigenvalue weighted by Gasteiger charge is -2.26. The van der Waals surface area contributed by atoms with Gasteiger partial charge in [0.15, 0.2) is 0 Å². The molecular weight excluding hydrogens is 204 g/mol. The first-order valence-electron chi connectivity index (χ1n) is 5.39. The topological polar surface area (TPSA) is 55.6 Å². The molecule has 1 aliphatic rings. The lowest BCUT2D eigenvalue weighted by atomic mass is 10.1. The Hall–Kier alpha value is -1.55. The fourth-order valence-electron chi connectivity index (χ4n) is 2.01. The lowest BCUT2D eigenvalue weighted by molar-refractivity contribution is 0.100. The van der Waals surface area contributed by atoms with E-state index >= 15 is 0 Å². The average molecular weight is 220 g/mol. The zero-order valence-corrected chi connectivity index (χ0v) is 9.35. The van der Waals surface area contributed by atoms with Gasteiger partial charge in [0.05, 0.1) is 18.2 Å². The second-order valence-electron chi connectivity index (χ2n) is 4.01. The van der Waals surface area contributed by atoms with E-state index in [4.69, 9.17) is 10.5 Å². The number of carbonyl (C=O) groups is 1. The number of ether oxygens (including phenoxy) is 1. The molecule has 1 fully saturated rings. The van der Waals surface area contributed by atoms with Crippen molar-refractivity contribution < 1.29 is 9.53 Å². The maximum atomic E-state index is 11.3. The van der Waals surface area contributed by atoms with E-state index in [0.29, 0.717) is 18.2 Å². The second kappa shape index (κ2) is 4.53. The predicted octanol–water partition coefficient (Wildman–Crippen LogP) is 1.01. The first kappa shape index (κ1) is 11.0. The number of nitrogens with zero attached hydrogens (tertiary/aromatic N) is 1. The van der Waals surface area contributed by atoms with Gasteiger partial charge in [0.1, 0.15) is 0 Å². The van der Waals surface area contributed by atoms with Crippen LogP contribution < -0.4 is 10.6 Å². The zero-order valence-electron chi connectivity index (χ0n) is 9.35. The third-order valence-corrected chi connectivity index (χ3v) is 3.00. The molecule has 0 radical (unpaired) electrons. The molecule has 1 atom stereocenters. The smallest absolute Gasteiger partial charge is 0.250 e. The highest BCUT2D eigenvalue weighted by Gasteiger charge is 2.22. The predicted molar refractivity (Wildman–Crippen MR) is 62.6 cm³/mol. The van der Waals surface area contributed by atoms with Crippen LogP contribution in [0.15, 0.2) is 24.3 Å². The van der Waals surface area contributed by atoms with E-state index in [1.54, 1.807) is 6.07 Å². The summed E-state index contributed by atoms with van der Waals surface area (Å²) < 4.78 is 5.34. The van der Waals surface area contributed by atoms with E-state index in [0.717, 1.165) is 18.7 Å². The Kier molecular flexibility index (Phi) is 3.10. The SMILES string of the molecule is CN(c1ccccc1C(N)=O)C1CCOC1. The van der Waals surface area contributed by atoms with Gasteiger partial charge in [-0.05, 0) is 18.6 Å². The Labute approximate surface area is 95.0 Å². The summed E-state index contributed by atoms with van der Waals surface area (Å²) in [6, 6.07) is 7.74. The molecule has 4 nitrogen and oxygen atoms in total. The van der Waals surface area contributed by atoms with Crippen LogP contribution in [0.3, 0.4) is 0 Å². The molecule has 0 aromatic heterocycles. The minimum atomic E-state index is -0.388. The van der Waals surface area contributed by atoms with Gasteiger partial charge in [-0.25, -0.2) is 0 Å². The normalized spacial score (nSPS) is 19.7. The number of carbonyl (C=O) groups excluding carboxylic acids is 1. The molecule has 1 amide bonds. The molecule has 86 valence electrons. The van der Waals surface area contributed by atoms with Crippen molar-refractivity contribution in [1.29, 1.82) is 0 Å². The van der Waals surface area contributed by atoms with E-state index in [-0.39, 0.29) is 5.91 Å². The van der Waals surface area contributed by atoms with Crippen molar-refractivity contribution in [1.82, 2.24) is 0 Å². The van der Waals surface area contributed by atoms with Gasteiger partial charge in [-0.1, -0.05) is 12.1 Å². The quantitative estimate of drug-likeness (QED) is 0.827. The number of amides is 1. The number of benzene rings is 1. The number of likely N-dealkylation sites (N-methyl/N-ethyl adjacent to an activating group) is 1. The van der Waals surface area contributed by atoms with E-state index in [1.165, 1.54) is 0 Å². The first-order chi connectivity index (χ1) is 7.70.